The summed E-state index contributed by atoms with van der Waals surface area (Å²) in [6.07, 6.45) is 1.41. The molecular weight excluding hydrogens is 363 g/mol. The zero-order valence-electron chi connectivity index (χ0n) is 13.0. The van der Waals surface area contributed by atoms with E-state index in [0.29, 0.717) is 22.0 Å². The third kappa shape index (κ3) is 5.08. The fourth-order valence-electron chi connectivity index (χ4n) is 1.90. The number of hydrogen-bond acceptors (Lipinski definition) is 4. The lowest BCUT2D eigenvalue weighted by Crippen LogP contribution is -2.13. The largest absolute Gasteiger partial charge is 0.427 e. The minimum absolute atomic E-state index is 0.115. The number of nitriles is 1. The van der Waals surface area contributed by atoms with Crippen LogP contribution in [0.2, 0.25) is 10.0 Å². The Hall–Kier alpha value is -2.81. The van der Waals surface area contributed by atoms with Crippen molar-refractivity contribution in [3.63, 3.8) is 0 Å². The van der Waals surface area contributed by atoms with Crippen molar-refractivity contribution < 1.29 is 14.3 Å². The van der Waals surface area contributed by atoms with Crippen molar-refractivity contribution in [3.8, 4) is 11.8 Å². The van der Waals surface area contributed by atoms with E-state index in [4.69, 9.17) is 27.9 Å². The molecule has 0 aromatic heterocycles. The summed E-state index contributed by atoms with van der Waals surface area (Å²) in [5, 5.41) is 12.3. The van der Waals surface area contributed by atoms with Crippen LogP contribution in [0.3, 0.4) is 0 Å². The standard InChI is InChI=1S/C18H12Cl2N2O3/c1-11(23)25-14-7-5-12(6-8-14)9-13(10-21)18(24)22-16-4-2-3-15(19)17(16)20/h2-9H,1H3,(H,22,24)/b13-9+. The molecule has 0 unspecified atom stereocenters. The van der Waals surface area contributed by atoms with Crippen LogP contribution in [0.1, 0.15) is 12.5 Å². The molecule has 0 saturated carbocycles. The van der Waals surface area contributed by atoms with Gasteiger partial charge in [0.2, 0.25) is 0 Å². The van der Waals surface area contributed by atoms with Gasteiger partial charge in [-0.15, -0.1) is 0 Å². The average molecular weight is 375 g/mol. The number of nitrogens with one attached hydrogen (secondary N) is 1. The molecule has 2 aromatic rings. The molecule has 0 fully saturated rings. The molecule has 5 nitrogen and oxygen atoms in total. The predicted molar refractivity (Wildman–Crippen MR) is 96.4 cm³/mol. The summed E-state index contributed by atoms with van der Waals surface area (Å²) < 4.78 is 4.92. The summed E-state index contributed by atoms with van der Waals surface area (Å²) in [4.78, 5) is 23.1. The normalized spacial score (nSPS) is 10.7. The van der Waals surface area contributed by atoms with E-state index in [-0.39, 0.29) is 10.6 Å². The highest BCUT2D eigenvalue weighted by molar-refractivity contribution is 6.44. The first-order valence-electron chi connectivity index (χ1n) is 7.06. The highest BCUT2D eigenvalue weighted by Gasteiger charge is 2.12. The Morgan fingerprint density at radius 3 is 2.44 bits per heavy atom. The number of rotatable bonds is 4. The van der Waals surface area contributed by atoms with Crippen LogP contribution in [0.4, 0.5) is 5.69 Å². The summed E-state index contributed by atoms with van der Waals surface area (Å²) in [5.41, 5.74) is 0.793. The lowest BCUT2D eigenvalue weighted by Gasteiger charge is -2.07. The van der Waals surface area contributed by atoms with Crippen molar-refractivity contribution >= 4 is 46.8 Å². The Morgan fingerprint density at radius 2 is 1.84 bits per heavy atom. The number of carbonyl (C=O) groups excluding carboxylic acids is 2. The van der Waals surface area contributed by atoms with Gasteiger partial charge in [-0.05, 0) is 35.9 Å². The van der Waals surface area contributed by atoms with Gasteiger partial charge in [-0.1, -0.05) is 41.4 Å². The third-order valence-corrected chi connectivity index (χ3v) is 3.84. The number of hydrogen-bond donors (Lipinski definition) is 1. The Kier molecular flexibility index (Phi) is 6.18. The number of carbonyl (C=O) groups is 2. The number of anilines is 1. The predicted octanol–water partition coefficient (Wildman–Crippen LogP) is 4.46. The van der Waals surface area contributed by atoms with Crippen LogP contribution >= 0.6 is 23.2 Å². The van der Waals surface area contributed by atoms with Gasteiger partial charge in [-0.3, -0.25) is 9.59 Å². The van der Waals surface area contributed by atoms with E-state index in [0.717, 1.165) is 0 Å². The van der Waals surface area contributed by atoms with Gasteiger partial charge in [0.25, 0.3) is 5.91 Å². The fourth-order valence-corrected chi connectivity index (χ4v) is 2.25. The monoisotopic (exact) mass is 374 g/mol. The Labute approximate surface area is 154 Å². The van der Waals surface area contributed by atoms with Crippen LogP contribution in [0, 0.1) is 11.3 Å². The van der Waals surface area contributed by atoms with Crippen molar-refractivity contribution in [2.75, 3.05) is 5.32 Å². The van der Waals surface area contributed by atoms with E-state index in [2.05, 4.69) is 5.32 Å². The summed E-state index contributed by atoms with van der Waals surface area (Å²) in [6, 6.07) is 13.0. The van der Waals surface area contributed by atoms with Crippen molar-refractivity contribution in [1.82, 2.24) is 0 Å². The SMILES string of the molecule is CC(=O)Oc1ccc(/C=C(\C#N)C(=O)Nc2cccc(Cl)c2Cl)cc1. The van der Waals surface area contributed by atoms with E-state index < -0.39 is 11.9 Å². The van der Waals surface area contributed by atoms with Gasteiger partial charge in [0.1, 0.15) is 17.4 Å². The number of esters is 1. The second kappa shape index (κ2) is 8.34. The van der Waals surface area contributed by atoms with Gasteiger partial charge in [0.05, 0.1) is 15.7 Å². The summed E-state index contributed by atoms with van der Waals surface area (Å²) >= 11 is 11.9. The third-order valence-electron chi connectivity index (χ3n) is 3.02. The van der Waals surface area contributed by atoms with Crippen molar-refractivity contribution in [2.45, 2.75) is 6.92 Å². The second-order valence-electron chi connectivity index (χ2n) is 4.89. The number of benzene rings is 2. The van der Waals surface area contributed by atoms with E-state index in [1.165, 1.54) is 13.0 Å². The lowest BCUT2D eigenvalue weighted by molar-refractivity contribution is -0.131. The van der Waals surface area contributed by atoms with Crippen molar-refractivity contribution in [1.29, 1.82) is 5.26 Å². The molecule has 0 heterocycles. The summed E-state index contributed by atoms with van der Waals surface area (Å²) in [5.74, 6) is -0.673. The fraction of sp³-hybridized carbons (Fsp3) is 0.0556. The minimum Gasteiger partial charge on any atom is -0.427 e. The van der Waals surface area contributed by atoms with Crippen LogP contribution in [-0.4, -0.2) is 11.9 Å². The average Bonchev–Trinajstić information content (AvgIpc) is 2.57. The lowest BCUT2D eigenvalue weighted by atomic mass is 10.1. The summed E-state index contributed by atoms with van der Waals surface area (Å²) in [7, 11) is 0. The van der Waals surface area contributed by atoms with E-state index in [9.17, 15) is 14.9 Å². The van der Waals surface area contributed by atoms with Crippen LogP contribution in [0.25, 0.3) is 6.08 Å². The molecule has 126 valence electrons. The first kappa shape index (κ1) is 18.5. The zero-order chi connectivity index (χ0) is 18.4. The molecule has 0 bridgehead atoms. The molecule has 2 aromatic carbocycles. The maximum absolute atomic E-state index is 12.3. The van der Waals surface area contributed by atoms with Gasteiger partial charge in [0, 0.05) is 6.92 Å². The summed E-state index contributed by atoms with van der Waals surface area (Å²) in [6.45, 7) is 1.30. The molecule has 25 heavy (non-hydrogen) atoms. The highest BCUT2D eigenvalue weighted by Crippen LogP contribution is 2.29. The molecule has 0 atom stereocenters. The van der Waals surface area contributed by atoms with Crippen LogP contribution in [0.5, 0.6) is 5.75 Å². The number of nitrogens with zero attached hydrogens (tertiary/aromatic N) is 1. The van der Waals surface area contributed by atoms with Gasteiger partial charge in [-0.2, -0.15) is 5.26 Å². The zero-order valence-corrected chi connectivity index (χ0v) is 14.6. The van der Waals surface area contributed by atoms with Gasteiger partial charge in [-0.25, -0.2) is 0 Å². The quantitative estimate of drug-likeness (QED) is 0.370. The second-order valence-corrected chi connectivity index (χ2v) is 5.67. The topological polar surface area (TPSA) is 79.2 Å². The Bertz CT molecular complexity index is 884. The molecule has 0 aliphatic heterocycles. The van der Waals surface area contributed by atoms with Crippen LogP contribution in [0.15, 0.2) is 48.0 Å². The molecule has 0 spiro atoms. The molecule has 1 N–H and O–H groups in total. The molecule has 1 amide bonds. The Morgan fingerprint density at radius 1 is 1.16 bits per heavy atom. The molecule has 0 aliphatic rings. The minimum atomic E-state index is -0.615. The first-order chi connectivity index (χ1) is 11.9. The molecule has 0 aliphatic carbocycles. The van der Waals surface area contributed by atoms with Crippen molar-refractivity contribution in [3.05, 3.63) is 63.6 Å². The molecule has 0 radical (unpaired) electrons. The number of ether oxygens (including phenoxy) is 1. The van der Waals surface area contributed by atoms with E-state index in [1.54, 1.807) is 42.5 Å². The maximum atomic E-state index is 12.3. The Balaban J connectivity index is 2.19. The number of amides is 1. The number of halogens is 2. The van der Waals surface area contributed by atoms with Crippen LogP contribution < -0.4 is 10.1 Å². The van der Waals surface area contributed by atoms with Gasteiger partial charge < -0.3 is 10.1 Å². The first-order valence-corrected chi connectivity index (χ1v) is 7.82. The van der Waals surface area contributed by atoms with Crippen molar-refractivity contribution in [2.24, 2.45) is 0 Å². The maximum Gasteiger partial charge on any atom is 0.308 e. The molecule has 2 rings (SSSR count). The van der Waals surface area contributed by atoms with Gasteiger partial charge >= 0.3 is 5.97 Å². The smallest absolute Gasteiger partial charge is 0.308 e. The molecular formula is C18H12Cl2N2O3. The highest BCUT2D eigenvalue weighted by atomic mass is 35.5. The van der Waals surface area contributed by atoms with E-state index >= 15 is 0 Å². The van der Waals surface area contributed by atoms with Crippen LogP contribution in [-0.2, 0) is 9.59 Å². The van der Waals surface area contributed by atoms with Gasteiger partial charge in [0.15, 0.2) is 0 Å². The van der Waals surface area contributed by atoms with E-state index in [1.807, 2.05) is 6.07 Å². The molecule has 7 heteroatoms. The molecule has 0 saturated heterocycles.